The van der Waals surface area contributed by atoms with Crippen molar-refractivity contribution in [3.05, 3.63) is 88.2 Å². The van der Waals surface area contributed by atoms with E-state index in [0.717, 1.165) is 17.5 Å². The standard InChI is InChI=1S/C23H19ClFN5O2/c1-13-10-14(2)30(29-13)21-12-22(27-15(3)26-21)32-18-7-5-17(6-8-18)28-23(31)19-9-4-16(25)11-20(19)24/h4-12H,1-3H3,(H,28,31). The average molecular weight is 452 g/mol. The molecule has 1 N–H and O–H groups in total. The lowest BCUT2D eigenvalue weighted by Gasteiger charge is -2.10. The molecule has 2 aromatic carbocycles. The Hall–Kier alpha value is -3.78. The molecule has 0 unspecified atom stereocenters. The summed E-state index contributed by atoms with van der Waals surface area (Å²) in [6.07, 6.45) is 0. The highest BCUT2D eigenvalue weighted by Crippen LogP contribution is 2.24. The number of benzene rings is 2. The molecule has 0 aliphatic heterocycles. The van der Waals surface area contributed by atoms with Crippen LogP contribution in [0.4, 0.5) is 10.1 Å². The molecule has 0 aliphatic rings. The number of amides is 1. The SMILES string of the molecule is Cc1cc(C)n(-c2cc(Oc3ccc(NC(=O)c4ccc(F)cc4Cl)cc3)nc(C)n2)n1. The van der Waals surface area contributed by atoms with Crippen molar-refractivity contribution in [2.45, 2.75) is 20.8 Å². The quantitative estimate of drug-likeness (QED) is 0.438. The first-order valence-electron chi connectivity index (χ1n) is 9.72. The van der Waals surface area contributed by atoms with Gasteiger partial charge in [-0.1, -0.05) is 11.6 Å². The summed E-state index contributed by atoms with van der Waals surface area (Å²) < 4.78 is 20.8. The number of carbonyl (C=O) groups excluding carboxylic acids is 1. The van der Waals surface area contributed by atoms with E-state index in [1.807, 2.05) is 19.9 Å². The Morgan fingerprint density at radius 3 is 2.44 bits per heavy atom. The van der Waals surface area contributed by atoms with Gasteiger partial charge in [-0.15, -0.1) is 0 Å². The minimum absolute atomic E-state index is 0.0417. The van der Waals surface area contributed by atoms with Gasteiger partial charge in [0.15, 0.2) is 5.82 Å². The first kappa shape index (κ1) is 21.5. The molecule has 4 aromatic rings. The lowest BCUT2D eigenvalue weighted by Crippen LogP contribution is -2.12. The Balaban J connectivity index is 1.49. The number of aryl methyl sites for hydroxylation is 3. The van der Waals surface area contributed by atoms with Gasteiger partial charge in [-0.2, -0.15) is 10.1 Å². The number of hydrogen-bond donors (Lipinski definition) is 1. The molecule has 0 saturated heterocycles. The normalized spacial score (nSPS) is 10.8. The van der Waals surface area contributed by atoms with Crippen molar-refractivity contribution in [3.8, 4) is 17.4 Å². The summed E-state index contributed by atoms with van der Waals surface area (Å²) in [6, 6.07) is 14.0. The van der Waals surface area contributed by atoms with Crippen molar-refractivity contribution in [2.24, 2.45) is 0 Å². The van der Waals surface area contributed by atoms with Gasteiger partial charge >= 0.3 is 0 Å². The molecule has 2 aromatic heterocycles. The molecule has 0 radical (unpaired) electrons. The van der Waals surface area contributed by atoms with Crippen LogP contribution < -0.4 is 10.1 Å². The van der Waals surface area contributed by atoms with Gasteiger partial charge in [0, 0.05) is 17.4 Å². The van der Waals surface area contributed by atoms with Crippen LogP contribution in [0.3, 0.4) is 0 Å². The summed E-state index contributed by atoms with van der Waals surface area (Å²) in [7, 11) is 0. The fourth-order valence-electron chi connectivity index (χ4n) is 3.15. The number of rotatable bonds is 5. The second kappa shape index (κ2) is 8.76. The van der Waals surface area contributed by atoms with Crippen molar-refractivity contribution in [1.29, 1.82) is 0 Å². The Morgan fingerprint density at radius 2 is 1.78 bits per heavy atom. The number of carbonyl (C=O) groups is 1. The van der Waals surface area contributed by atoms with Crippen LogP contribution in [0.15, 0.2) is 54.6 Å². The van der Waals surface area contributed by atoms with Gasteiger partial charge in [0.25, 0.3) is 5.91 Å². The number of ether oxygens (including phenoxy) is 1. The van der Waals surface area contributed by atoms with Gasteiger partial charge in [-0.3, -0.25) is 4.79 Å². The second-order valence-electron chi connectivity index (χ2n) is 7.16. The highest BCUT2D eigenvalue weighted by Gasteiger charge is 2.12. The van der Waals surface area contributed by atoms with Crippen LogP contribution in [0.2, 0.25) is 5.02 Å². The fourth-order valence-corrected chi connectivity index (χ4v) is 3.40. The molecule has 4 rings (SSSR count). The lowest BCUT2D eigenvalue weighted by atomic mass is 10.2. The summed E-state index contributed by atoms with van der Waals surface area (Å²) in [5.74, 6) is 1.11. The molecule has 0 bridgehead atoms. The number of halogens is 2. The van der Waals surface area contributed by atoms with E-state index in [1.165, 1.54) is 12.1 Å². The Kier molecular flexibility index (Phi) is 5.87. The highest BCUT2D eigenvalue weighted by molar-refractivity contribution is 6.34. The molecule has 0 spiro atoms. The predicted molar refractivity (Wildman–Crippen MR) is 119 cm³/mol. The first-order valence-corrected chi connectivity index (χ1v) is 10.1. The third-order valence-corrected chi connectivity index (χ3v) is 4.85. The van der Waals surface area contributed by atoms with Gasteiger partial charge in [-0.05, 0) is 69.3 Å². The van der Waals surface area contributed by atoms with E-state index in [1.54, 1.807) is 41.9 Å². The topological polar surface area (TPSA) is 81.9 Å². The molecule has 1 amide bonds. The van der Waals surface area contributed by atoms with Crippen molar-refractivity contribution in [2.75, 3.05) is 5.32 Å². The average Bonchev–Trinajstić information content (AvgIpc) is 3.07. The van der Waals surface area contributed by atoms with Crippen LogP contribution in [0, 0.1) is 26.6 Å². The van der Waals surface area contributed by atoms with Crippen LogP contribution >= 0.6 is 11.6 Å². The zero-order valence-corrected chi connectivity index (χ0v) is 18.3. The van der Waals surface area contributed by atoms with Gasteiger partial charge in [-0.25, -0.2) is 14.1 Å². The molecule has 32 heavy (non-hydrogen) atoms. The third-order valence-electron chi connectivity index (χ3n) is 4.54. The first-order chi connectivity index (χ1) is 15.3. The predicted octanol–water partition coefficient (Wildman–Crippen LogP) is 5.42. The number of nitrogens with zero attached hydrogens (tertiary/aromatic N) is 4. The largest absolute Gasteiger partial charge is 0.439 e. The number of anilines is 1. The van der Waals surface area contributed by atoms with E-state index in [-0.39, 0.29) is 10.6 Å². The molecule has 0 aliphatic carbocycles. The van der Waals surface area contributed by atoms with Gasteiger partial charge < -0.3 is 10.1 Å². The Labute approximate surface area is 188 Å². The molecule has 0 saturated carbocycles. The van der Waals surface area contributed by atoms with Crippen LogP contribution in [0.1, 0.15) is 27.6 Å². The third kappa shape index (κ3) is 4.76. The molecule has 9 heteroatoms. The summed E-state index contributed by atoms with van der Waals surface area (Å²) >= 11 is 5.95. The Morgan fingerprint density at radius 1 is 1.03 bits per heavy atom. The molecule has 0 atom stereocenters. The number of hydrogen-bond acceptors (Lipinski definition) is 5. The highest BCUT2D eigenvalue weighted by atomic mass is 35.5. The van der Waals surface area contributed by atoms with Crippen molar-refractivity contribution in [1.82, 2.24) is 19.7 Å². The van der Waals surface area contributed by atoms with E-state index in [0.29, 0.717) is 29.0 Å². The van der Waals surface area contributed by atoms with E-state index in [4.69, 9.17) is 16.3 Å². The van der Waals surface area contributed by atoms with Gasteiger partial charge in [0.1, 0.15) is 17.4 Å². The molecular weight excluding hydrogens is 433 g/mol. The maximum atomic E-state index is 13.2. The molecular formula is C23H19ClFN5O2. The van der Waals surface area contributed by atoms with Crippen LogP contribution in [0.25, 0.3) is 5.82 Å². The molecule has 7 nitrogen and oxygen atoms in total. The van der Waals surface area contributed by atoms with Crippen molar-refractivity contribution >= 4 is 23.2 Å². The lowest BCUT2D eigenvalue weighted by molar-refractivity contribution is 0.102. The summed E-state index contributed by atoms with van der Waals surface area (Å²) in [5, 5.41) is 7.21. The monoisotopic (exact) mass is 451 g/mol. The fraction of sp³-hybridized carbons (Fsp3) is 0.130. The minimum atomic E-state index is -0.506. The summed E-state index contributed by atoms with van der Waals surface area (Å²) in [4.78, 5) is 21.2. The molecule has 162 valence electrons. The Bertz CT molecular complexity index is 1300. The van der Waals surface area contributed by atoms with Gasteiger partial charge in [0.2, 0.25) is 5.88 Å². The molecule has 2 heterocycles. The van der Waals surface area contributed by atoms with Crippen LogP contribution in [-0.2, 0) is 0 Å². The molecule has 0 fully saturated rings. The zero-order valence-electron chi connectivity index (χ0n) is 17.6. The maximum Gasteiger partial charge on any atom is 0.257 e. The zero-order chi connectivity index (χ0) is 22.8. The smallest absolute Gasteiger partial charge is 0.257 e. The minimum Gasteiger partial charge on any atom is -0.439 e. The second-order valence-corrected chi connectivity index (χ2v) is 7.56. The number of aromatic nitrogens is 4. The van der Waals surface area contributed by atoms with Crippen LogP contribution in [0.5, 0.6) is 11.6 Å². The van der Waals surface area contributed by atoms with Crippen LogP contribution in [-0.4, -0.2) is 25.7 Å². The van der Waals surface area contributed by atoms with Crippen molar-refractivity contribution < 1.29 is 13.9 Å². The summed E-state index contributed by atoms with van der Waals surface area (Å²) in [6.45, 7) is 5.64. The van der Waals surface area contributed by atoms with E-state index in [9.17, 15) is 9.18 Å². The van der Waals surface area contributed by atoms with E-state index in [2.05, 4.69) is 20.4 Å². The maximum absolute atomic E-state index is 13.2. The van der Waals surface area contributed by atoms with E-state index >= 15 is 0 Å². The van der Waals surface area contributed by atoms with E-state index < -0.39 is 11.7 Å². The summed E-state index contributed by atoms with van der Waals surface area (Å²) in [5.41, 5.74) is 2.56. The number of nitrogens with one attached hydrogen (secondary N) is 1. The van der Waals surface area contributed by atoms with Crippen molar-refractivity contribution in [3.63, 3.8) is 0 Å². The van der Waals surface area contributed by atoms with Gasteiger partial charge in [0.05, 0.1) is 16.3 Å².